The van der Waals surface area contributed by atoms with E-state index in [1.54, 1.807) is 6.20 Å². The number of aryl methyl sites for hydroxylation is 1. The molecular formula is C17H20N6OS. The SMILES string of the molecule is CCCNc1nc(Sc2cccnc2N)nc2[nH]c(CC)c(C=O)c12. The van der Waals surface area contributed by atoms with Gasteiger partial charge in [0, 0.05) is 24.0 Å². The minimum Gasteiger partial charge on any atom is -0.383 e. The van der Waals surface area contributed by atoms with Crippen molar-refractivity contribution in [1.29, 1.82) is 0 Å². The summed E-state index contributed by atoms with van der Waals surface area (Å²) in [6.07, 6.45) is 4.18. The number of hydrogen-bond acceptors (Lipinski definition) is 7. The van der Waals surface area contributed by atoms with Gasteiger partial charge in [-0.1, -0.05) is 13.8 Å². The average molecular weight is 356 g/mol. The standard InChI is InChI=1S/C17H20N6OS/c1-3-7-20-15-13-10(9-24)11(4-2)21-16(13)23-17(22-15)25-12-6-5-8-19-14(12)18/h5-6,8-9H,3-4,7H2,1-2H3,(H2,18,19)(H2,20,21,22,23). The second-order valence-electron chi connectivity index (χ2n) is 5.48. The lowest BCUT2D eigenvalue weighted by Gasteiger charge is -2.09. The first kappa shape index (κ1) is 17.2. The maximum absolute atomic E-state index is 11.6. The molecule has 0 saturated carbocycles. The topological polar surface area (TPSA) is 110 Å². The fourth-order valence-electron chi connectivity index (χ4n) is 2.56. The summed E-state index contributed by atoms with van der Waals surface area (Å²) in [7, 11) is 0. The maximum Gasteiger partial charge on any atom is 0.196 e. The zero-order valence-corrected chi connectivity index (χ0v) is 15.0. The Balaban J connectivity index is 2.11. The van der Waals surface area contributed by atoms with E-state index >= 15 is 0 Å². The fourth-order valence-corrected chi connectivity index (χ4v) is 3.33. The van der Waals surface area contributed by atoms with Crippen molar-refractivity contribution in [2.45, 2.75) is 36.7 Å². The monoisotopic (exact) mass is 356 g/mol. The largest absolute Gasteiger partial charge is 0.383 e. The Morgan fingerprint density at radius 2 is 2.20 bits per heavy atom. The second-order valence-corrected chi connectivity index (χ2v) is 6.49. The molecule has 7 nitrogen and oxygen atoms in total. The number of carbonyl (C=O) groups is 1. The molecule has 3 heterocycles. The number of rotatable bonds is 7. The van der Waals surface area contributed by atoms with Gasteiger partial charge in [-0.25, -0.2) is 15.0 Å². The van der Waals surface area contributed by atoms with Crippen LogP contribution in [0.4, 0.5) is 11.6 Å². The third kappa shape index (κ3) is 3.43. The molecule has 8 heteroatoms. The number of aromatic nitrogens is 4. The number of anilines is 2. The van der Waals surface area contributed by atoms with Gasteiger partial charge >= 0.3 is 0 Å². The van der Waals surface area contributed by atoms with Crippen molar-refractivity contribution in [1.82, 2.24) is 19.9 Å². The van der Waals surface area contributed by atoms with Crippen LogP contribution in [0.2, 0.25) is 0 Å². The molecule has 3 aromatic rings. The van der Waals surface area contributed by atoms with Crippen LogP contribution in [0.1, 0.15) is 36.3 Å². The third-order valence-corrected chi connectivity index (χ3v) is 4.70. The lowest BCUT2D eigenvalue weighted by molar-refractivity contribution is 0.112. The highest BCUT2D eigenvalue weighted by molar-refractivity contribution is 7.99. The number of pyridine rings is 1. The molecule has 3 aromatic heterocycles. The summed E-state index contributed by atoms with van der Waals surface area (Å²) in [5, 5.41) is 4.59. The van der Waals surface area contributed by atoms with Gasteiger partial charge in [-0.3, -0.25) is 4.79 Å². The molecule has 0 amide bonds. The third-order valence-electron chi connectivity index (χ3n) is 3.77. The van der Waals surface area contributed by atoms with Crippen LogP contribution in [-0.2, 0) is 6.42 Å². The number of fused-ring (bicyclic) bond motifs is 1. The van der Waals surface area contributed by atoms with Gasteiger partial charge < -0.3 is 16.0 Å². The molecule has 0 aliphatic rings. The van der Waals surface area contributed by atoms with Gasteiger partial charge in [0.15, 0.2) is 11.4 Å². The van der Waals surface area contributed by atoms with Gasteiger partial charge in [0.05, 0.1) is 10.3 Å². The minimum absolute atomic E-state index is 0.438. The minimum atomic E-state index is 0.438. The Kier molecular flexibility index (Phi) is 5.18. The Morgan fingerprint density at radius 3 is 2.88 bits per heavy atom. The molecule has 0 unspecified atom stereocenters. The highest BCUT2D eigenvalue weighted by atomic mass is 32.2. The van der Waals surface area contributed by atoms with Gasteiger partial charge in [-0.2, -0.15) is 0 Å². The van der Waals surface area contributed by atoms with Crippen molar-refractivity contribution < 1.29 is 4.79 Å². The normalized spacial score (nSPS) is 11.0. The van der Waals surface area contributed by atoms with Crippen LogP contribution in [-0.4, -0.2) is 32.8 Å². The summed E-state index contributed by atoms with van der Waals surface area (Å²) in [6, 6.07) is 3.70. The molecule has 0 aliphatic heterocycles. The molecule has 3 rings (SSSR count). The van der Waals surface area contributed by atoms with Gasteiger partial charge in [0.2, 0.25) is 0 Å². The molecule has 0 spiro atoms. The first-order valence-electron chi connectivity index (χ1n) is 8.17. The summed E-state index contributed by atoms with van der Waals surface area (Å²) < 4.78 is 0. The Labute approximate surface area is 149 Å². The molecule has 0 fully saturated rings. The van der Waals surface area contributed by atoms with Crippen LogP contribution in [0.25, 0.3) is 11.0 Å². The van der Waals surface area contributed by atoms with Crippen molar-refractivity contribution in [2.75, 3.05) is 17.6 Å². The van der Waals surface area contributed by atoms with E-state index in [1.165, 1.54) is 11.8 Å². The number of aromatic amines is 1. The van der Waals surface area contributed by atoms with Gasteiger partial charge in [-0.05, 0) is 36.7 Å². The van der Waals surface area contributed by atoms with Crippen LogP contribution in [0, 0.1) is 0 Å². The van der Waals surface area contributed by atoms with E-state index in [0.29, 0.717) is 28.0 Å². The smallest absolute Gasteiger partial charge is 0.196 e. The Hall–Kier alpha value is -2.61. The zero-order valence-electron chi connectivity index (χ0n) is 14.2. The molecule has 0 aliphatic carbocycles. The van der Waals surface area contributed by atoms with E-state index in [-0.39, 0.29) is 0 Å². The Morgan fingerprint density at radius 1 is 1.36 bits per heavy atom. The molecule has 0 saturated heterocycles. The van der Waals surface area contributed by atoms with E-state index in [4.69, 9.17) is 5.73 Å². The van der Waals surface area contributed by atoms with Gasteiger partial charge in [0.25, 0.3) is 0 Å². The highest BCUT2D eigenvalue weighted by Gasteiger charge is 2.18. The van der Waals surface area contributed by atoms with E-state index < -0.39 is 0 Å². The summed E-state index contributed by atoms with van der Waals surface area (Å²) in [5.41, 5.74) is 8.05. The second kappa shape index (κ2) is 7.52. The van der Waals surface area contributed by atoms with Crippen molar-refractivity contribution >= 4 is 40.7 Å². The highest BCUT2D eigenvalue weighted by Crippen LogP contribution is 2.33. The molecule has 0 radical (unpaired) electrons. The molecule has 25 heavy (non-hydrogen) atoms. The van der Waals surface area contributed by atoms with E-state index in [0.717, 1.165) is 41.6 Å². The Bertz CT molecular complexity index is 908. The average Bonchev–Trinajstić information content (AvgIpc) is 2.99. The predicted octanol–water partition coefficient (Wildman–Crippen LogP) is 3.28. The quantitative estimate of drug-likeness (QED) is 0.440. The van der Waals surface area contributed by atoms with Crippen molar-refractivity contribution in [2.24, 2.45) is 0 Å². The van der Waals surface area contributed by atoms with Crippen LogP contribution in [0.5, 0.6) is 0 Å². The fraction of sp³-hybridized carbons (Fsp3) is 0.294. The zero-order chi connectivity index (χ0) is 17.8. The van der Waals surface area contributed by atoms with Gasteiger partial charge in [0.1, 0.15) is 17.3 Å². The molecule has 0 aromatic carbocycles. The van der Waals surface area contributed by atoms with Crippen molar-refractivity contribution in [3.05, 3.63) is 29.6 Å². The number of nitrogens with zero attached hydrogens (tertiary/aromatic N) is 3. The van der Waals surface area contributed by atoms with E-state index in [2.05, 4.69) is 32.2 Å². The first-order chi connectivity index (χ1) is 12.2. The number of hydrogen-bond donors (Lipinski definition) is 3. The maximum atomic E-state index is 11.6. The summed E-state index contributed by atoms with van der Waals surface area (Å²) in [4.78, 5) is 28.9. The molecule has 4 N–H and O–H groups in total. The number of nitrogen functional groups attached to an aromatic ring is 1. The summed E-state index contributed by atoms with van der Waals surface area (Å²) in [6.45, 7) is 4.83. The summed E-state index contributed by atoms with van der Waals surface area (Å²) >= 11 is 1.35. The van der Waals surface area contributed by atoms with Crippen LogP contribution >= 0.6 is 11.8 Å². The number of H-pyrrole nitrogens is 1. The van der Waals surface area contributed by atoms with Crippen LogP contribution < -0.4 is 11.1 Å². The predicted molar refractivity (Wildman–Crippen MR) is 100 cm³/mol. The number of carbonyl (C=O) groups excluding carboxylic acids is 1. The van der Waals surface area contributed by atoms with Crippen molar-refractivity contribution in [3.63, 3.8) is 0 Å². The van der Waals surface area contributed by atoms with E-state index in [9.17, 15) is 4.79 Å². The van der Waals surface area contributed by atoms with Crippen LogP contribution in [0.15, 0.2) is 28.4 Å². The number of nitrogens with one attached hydrogen (secondary N) is 2. The molecular weight excluding hydrogens is 336 g/mol. The first-order valence-corrected chi connectivity index (χ1v) is 8.99. The summed E-state index contributed by atoms with van der Waals surface area (Å²) in [5.74, 6) is 1.10. The van der Waals surface area contributed by atoms with E-state index in [1.807, 2.05) is 19.1 Å². The molecule has 0 atom stereocenters. The van der Waals surface area contributed by atoms with Crippen molar-refractivity contribution in [3.8, 4) is 0 Å². The number of nitrogens with two attached hydrogens (primary N) is 1. The molecule has 130 valence electrons. The van der Waals surface area contributed by atoms with Gasteiger partial charge in [-0.15, -0.1) is 0 Å². The lowest BCUT2D eigenvalue weighted by Crippen LogP contribution is -2.05. The number of aldehydes is 1. The van der Waals surface area contributed by atoms with Crippen LogP contribution in [0.3, 0.4) is 0 Å². The lowest BCUT2D eigenvalue weighted by atomic mass is 10.1. The molecule has 0 bridgehead atoms.